The van der Waals surface area contributed by atoms with Gasteiger partial charge in [-0.15, -0.1) is 0 Å². The maximum Gasteiger partial charge on any atom is 0.239 e. The van der Waals surface area contributed by atoms with Crippen LogP contribution in [0.15, 0.2) is 0 Å². The van der Waals surface area contributed by atoms with Crippen molar-refractivity contribution >= 4 is 5.91 Å². The highest BCUT2D eigenvalue weighted by molar-refractivity contribution is 5.81. The Kier molecular flexibility index (Phi) is 6.75. The summed E-state index contributed by atoms with van der Waals surface area (Å²) in [5.41, 5.74) is 0.134. The number of carbonyl (C=O) groups is 1. The molecular formula is C14H28N2O3. The van der Waals surface area contributed by atoms with Gasteiger partial charge in [0.25, 0.3) is 0 Å². The lowest BCUT2D eigenvalue weighted by Crippen LogP contribution is -2.50. The second-order valence-electron chi connectivity index (χ2n) is 5.95. The number of nitrogens with zero attached hydrogens (tertiary/aromatic N) is 1. The predicted octanol–water partition coefficient (Wildman–Crippen LogP) is 0.886. The second-order valence-corrected chi connectivity index (χ2v) is 5.95. The predicted molar refractivity (Wildman–Crippen MR) is 75.1 cm³/mol. The molecule has 0 radical (unpaired) electrons. The van der Waals surface area contributed by atoms with Crippen molar-refractivity contribution in [3.05, 3.63) is 0 Å². The number of hydrogen-bond donors (Lipinski definition) is 1. The summed E-state index contributed by atoms with van der Waals surface area (Å²) in [5.74, 6) is 0.172. The Morgan fingerprint density at radius 3 is 2.63 bits per heavy atom. The molecule has 0 bridgehead atoms. The molecule has 19 heavy (non-hydrogen) atoms. The summed E-state index contributed by atoms with van der Waals surface area (Å²) in [6.45, 7) is 10.6. The van der Waals surface area contributed by atoms with Crippen LogP contribution in [-0.2, 0) is 14.3 Å². The average molecular weight is 272 g/mol. The summed E-state index contributed by atoms with van der Waals surface area (Å²) in [6, 6.07) is -0.139. The highest BCUT2D eigenvalue weighted by Gasteiger charge is 2.24. The van der Waals surface area contributed by atoms with Gasteiger partial charge in [-0.2, -0.15) is 0 Å². The van der Waals surface area contributed by atoms with E-state index >= 15 is 0 Å². The minimum Gasteiger partial charge on any atom is -0.385 e. The Morgan fingerprint density at radius 2 is 2.05 bits per heavy atom. The fourth-order valence-corrected chi connectivity index (χ4v) is 2.04. The van der Waals surface area contributed by atoms with Gasteiger partial charge in [0, 0.05) is 33.4 Å². The molecule has 1 atom stereocenters. The van der Waals surface area contributed by atoms with Gasteiger partial charge >= 0.3 is 0 Å². The van der Waals surface area contributed by atoms with Crippen molar-refractivity contribution in [3.63, 3.8) is 0 Å². The molecule has 0 aliphatic carbocycles. The van der Waals surface area contributed by atoms with Gasteiger partial charge in [-0.05, 0) is 18.8 Å². The van der Waals surface area contributed by atoms with Gasteiger partial charge in [-0.3, -0.25) is 4.79 Å². The van der Waals surface area contributed by atoms with E-state index in [0.29, 0.717) is 26.3 Å². The van der Waals surface area contributed by atoms with Gasteiger partial charge in [0.15, 0.2) is 0 Å². The quantitative estimate of drug-likeness (QED) is 0.748. The molecule has 0 saturated carbocycles. The van der Waals surface area contributed by atoms with Gasteiger partial charge in [0.2, 0.25) is 5.91 Å². The smallest absolute Gasteiger partial charge is 0.239 e. The van der Waals surface area contributed by atoms with Crippen LogP contribution < -0.4 is 5.32 Å². The molecule has 5 heteroatoms. The van der Waals surface area contributed by atoms with Gasteiger partial charge in [0.05, 0.1) is 19.3 Å². The number of methoxy groups -OCH3 is 1. The molecule has 1 amide bonds. The van der Waals surface area contributed by atoms with Crippen molar-refractivity contribution in [2.45, 2.75) is 33.2 Å². The molecule has 1 aliphatic heterocycles. The van der Waals surface area contributed by atoms with Crippen molar-refractivity contribution in [3.8, 4) is 0 Å². The number of carbonyl (C=O) groups excluding carboxylic acids is 1. The number of rotatable bonds is 7. The lowest BCUT2D eigenvalue weighted by Gasteiger charge is -2.31. The SMILES string of the molecule is COCCC(C)(C)CNC(C)C(=O)N1CCOCC1. The number of hydrogen-bond acceptors (Lipinski definition) is 4. The number of morpholine rings is 1. The molecule has 1 N–H and O–H groups in total. The number of amides is 1. The van der Waals surface area contributed by atoms with E-state index in [1.807, 2.05) is 11.8 Å². The molecule has 1 fully saturated rings. The zero-order chi connectivity index (χ0) is 14.3. The zero-order valence-corrected chi connectivity index (χ0v) is 12.7. The van der Waals surface area contributed by atoms with Crippen LogP contribution in [0.2, 0.25) is 0 Å². The first-order chi connectivity index (χ1) is 8.96. The Labute approximate surface area is 116 Å². The second kappa shape index (κ2) is 7.82. The lowest BCUT2D eigenvalue weighted by atomic mass is 9.89. The summed E-state index contributed by atoms with van der Waals surface area (Å²) in [6.07, 6.45) is 0.981. The summed E-state index contributed by atoms with van der Waals surface area (Å²) in [5, 5.41) is 3.34. The Morgan fingerprint density at radius 1 is 1.42 bits per heavy atom. The van der Waals surface area contributed by atoms with Crippen molar-refractivity contribution in [1.82, 2.24) is 10.2 Å². The third kappa shape index (κ3) is 5.89. The third-order valence-corrected chi connectivity index (χ3v) is 3.56. The van der Waals surface area contributed by atoms with Crippen LogP contribution in [0.3, 0.4) is 0 Å². The molecule has 1 unspecified atom stereocenters. The maximum atomic E-state index is 12.2. The Bertz CT molecular complexity index is 276. The van der Waals surface area contributed by atoms with Crippen LogP contribution in [0.5, 0.6) is 0 Å². The maximum absolute atomic E-state index is 12.2. The van der Waals surface area contributed by atoms with Crippen LogP contribution in [0.1, 0.15) is 27.2 Å². The molecule has 1 aliphatic rings. The summed E-state index contributed by atoms with van der Waals surface area (Å²) in [7, 11) is 1.72. The fourth-order valence-electron chi connectivity index (χ4n) is 2.04. The van der Waals surface area contributed by atoms with E-state index in [9.17, 15) is 4.79 Å². The van der Waals surface area contributed by atoms with Gasteiger partial charge in [0.1, 0.15) is 0 Å². The molecule has 1 saturated heterocycles. The normalized spacial score (nSPS) is 18.4. The minimum absolute atomic E-state index is 0.134. The standard InChI is InChI=1S/C14H28N2O3/c1-12(13(17)16-6-9-19-10-7-16)15-11-14(2,3)5-8-18-4/h12,15H,5-11H2,1-4H3. The van der Waals surface area contributed by atoms with E-state index < -0.39 is 0 Å². The molecule has 1 heterocycles. The van der Waals surface area contributed by atoms with E-state index in [4.69, 9.17) is 9.47 Å². The highest BCUT2D eigenvalue weighted by Crippen LogP contribution is 2.19. The molecule has 0 aromatic rings. The van der Waals surface area contributed by atoms with E-state index in [0.717, 1.165) is 19.6 Å². The van der Waals surface area contributed by atoms with Crippen LogP contribution in [0.25, 0.3) is 0 Å². The first-order valence-electron chi connectivity index (χ1n) is 7.05. The Hall–Kier alpha value is -0.650. The first kappa shape index (κ1) is 16.4. The van der Waals surface area contributed by atoms with Crippen molar-refractivity contribution in [2.75, 3.05) is 46.6 Å². The Balaban J connectivity index is 2.32. The van der Waals surface area contributed by atoms with E-state index in [-0.39, 0.29) is 17.4 Å². The number of nitrogens with one attached hydrogen (secondary N) is 1. The van der Waals surface area contributed by atoms with E-state index in [1.165, 1.54) is 0 Å². The van der Waals surface area contributed by atoms with Crippen LogP contribution >= 0.6 is 0 Å². The van der Waals surface area contributed by atoms with Gasteiger partial charge in [-0.25, -0.2) is 0 Å². The van der Waals surface area contributed by atoms with Crippen LogP contribution in [0.4, 0.5) is 0 Å². The summed E-state index contributed by atoms with van der Waals surface area (Å²) in [4.78, 5) is 14.1. The van der Waals surface area contributed by atoms with Crippen molar-refractivity contribution in [1.29, 1.82) is 0 Å². The van der Waals surface area contributed by atoms with Crippen molar-refractivity contribution in [2.24, 2.45) is 5.41 Å². The van der Waals surface area contributed by atoms with E-state index in [2.05, 4.69) is 19.2 Å². The zero-order valence-electron chi connectivity index (χ0n) is 12.7. The van der Waals surface area contributed by atoms with Crippen molar-refractivity contribution < 1.29 is 14.3 Å². The molecular weight excluding hydrogens is 244 g/mol. The molecule has 0 aromatic carbocycles. The highest BCUT2D eigenvalue weighted by atomic mass is 16.5. The molecule has 1 rings (SSSR count). The summed E-state index contributed by atoms with van der Waals surface area (Å²) < 4.78 is 10.4. The number of ether oxygens (including phenoxy) is 2. The van der Waals surface area contributed by atoms with Gasteiger partial charge in [-0.1, -0.05) is 13.8 Å². The van der Waals surface area contributed by atoms with Crippen LogP contribution in [-0.4, -0.2) is 63.4 Å². The molecule has 112 valence electrons. The largest absolute Gasteiger partial charge is 0.385 e. The third-order valence-electron chi connectivity index (χ3n) is 3.56. The summed E-state index contributed by atoms with van der Waals surface area (Å²) >= 11 is 0. The topological polar surface area (TPSA) is 50.8 Å². The van der Waals surface area contributed by atoms with Gasteiger partial charge < -0.3 is 19.7 Å². The van der Waals surface area contributed by atoms with Crippen LogP contribution in [0, 0.1) is 5.41 Å². The monoisotopic (exact) mass is 272 g/mol. The average Bonchev–Trinajstić information content (AvgIpc) is 2.43. The molecule has 0 aromatic heterocycles. The fraction of sp³-hybridized carbons (Fsp3) is 0.929. The van der Waals surface area contributed by atoms with E-state index in [1.54, 1.807) is 7.11 Å². The molecule has 5 nitrogen and oxygen atoms in total. The lowest BCUT2D eigenvalue weighted by molar-refractivity contribution is -0.137. The molecule has 0 spiro atoms. The first-order valence-corrected chi connectivity index (χ1v) is 7.05. The minimum atomic E-state index is -0.139.